The zero-order chi connectivity index (χ0) is 13.1. The first-order valence-electron chi connectivity index (χ1n) is 6.21. The molecule has 0 aromatic carbocycles. The topological polar surface area (TPSA) is 45.2 Å². The largest absolute Gasteiger partial charge is 0.353 e. The second-order valence-corrected chi connectivity index (χ2v) is 5.60. The van der Waals surface area contributed by atoms with Crippen molar-refractivity contribution in [2.75, 3.05) is 13.1 Å². The second-order valence-electron chi connectivity index (χ2n) is 4.44. The van der Waals surface area contributed by atoms with Gasteiger partial charge in [0, 0.05) is 18.5 Å². The van der Waals surface area contributed by atoms with Crippen LogP contribution in [-0.4, -0.2) is 34.9 Å². The number of nitrogens with zero attached hydrogens (tertiary/aromatic N) is 2. The monoisotopic (exact) mass is 287 g/mol. The first-order chi connectivity index (χ1) is 8.67. The summed E-state index contributed by atoms with van der Waals surface area (Å²) < 4.78 is 0. The highest BCUT2D eigenvalue weighted by molar-refractivity contribution is 7.09. The van der Waals surface area contributed by atoms with Gasteiger partial charge in [-0.2, -0.15) is 0 Å². The fourth-order valence-electron chi connectivity index (χ4n) is 2.31. The van der Waals surface area contributed by atoms with Crippen molar-refractivity contribution in [3.05, 3.63) is 16.1 Å². The molecular formula is C12H18ClN3OS. The van der Waals surface area contributed by atoms with Crippen LogP contribution in [0.1, 0.15) is 37.0 Å². The molecule has 0 saturated carbocycles. The van der Waals surface area contributed by atoms with Crippen molar-refractivity contribution in [3.8, 4) is 0 Å². The van der Waals surface area contributed by atoms with E-state index in [0.717, 1.165) is 23.7 Å². The zero-order valence-corrected chi connectivity index (χ0v) is 12.2. The molecule has 1 aliphatic rings. The fourth-order valence-corrected chi connectivity index (χ4v) is 3.56. The van der Waals surface area contributed by atoms with Gasteiger partial charge in [0.15, 0.2) is 0 Å². The van der Waals surface area contributed by atoms with Gasteiger partial charge in [0.2, 0.25) is 5.91 Å². The molecule has 1 amide bonds. The third kappa shape index (κ3) is 2.68. The molecule has 1 aliphatic heterocycles. The van der Waals surface area contributed by atoms with Crippen molar-refractivity contribution >= 4 is 28.8 Å². The number of carbonyl (C=O) groups is 1. The predicted octanol–water partition coefficient (Wildman–Crippen LogP) is 2.15. The molecule has 1 aromatic heterocycles. The lowest BCUT2D eigenvalue weighted by molar-refractivity contribution is -0.129. The minimum atomic E-state index is -0.0907. The van der Waals surface area contributed by atoms with Crippen LogP contribution in [0.4, 0.5) is 0 Å². The molecule has 1 saturated heterocycles. The van der Waals surface area contributed by atoms with E-state index in [1.54, 1.807) is 11.3 Å². The van der Waals surface area contributed by atoms with Crippen LogP contribution in [0, 0.1) is 0 Å². The van der Waals surface area contributed by atoms with Crippen LogP contribution >= 0.6 is 22.9 Å². The molecule has 1 fully saturated rings. The number of rotatable bonds is 4. The summed E-state index contributed by atoms with van der Waals surface area (Å²) in [4.78, 5) is 18.5. The molecular weight excluding hydrogens is 270 g/mol. The molecule has 2 unspecified atom stereocenters. The fraction of sp³-hybridized carbons (Fsp3) is 0.667. The van der Waals surface area contributed by atoms with E-state index in [2.05, 4.69) is 22.1 Å². The zero-order valence-electron chi connectivity index (χ0n) is 10.6. The van der Waals surface area contributed by atoms with Crippen molar-refractivity contribution < 1.29 is 4.79 Å². The molecule has 0 bridgehead atoms. The summed E-state index contributed by atoms with van der Waals surface area (Å²) >= 11 is 7.43. The molecule has 0 aliphatic carbocycles. The molecule has 100 valence electrons. The summed E-state index contributed by atoms with van der Waals surface area (Å²) in [5, 5.41) is 5.95. The van der Waals surface area contributed by atoms with Gasteiger partial charge in [0.25, 0.3) is 0 Å². The number of piperazine rings is 1. The van der Waals surface area contributed by atoms with Crippen molar-refractivity contribution in [1.29, 1.82) is 0 Å². The standard InChI is InChI=1S/C12H18ClN3OS/c1-3-10(12-15-9(6-13)7-18-12)16-5-4-14-11(17)8(16)2/h7-8,10H,3-6H2,1-2H3,(H,14,17). The number of hydrogen-bond acceptors (Lipinski definition) is 4. The summed E-state index contributed by atoms with van der Waals surface area (Å²) in [6.45, 7) is 5.67. The van der Waals surface area contributed by atoms with Crippen molar-refractivity contribution in [2.24, 2.45) is 0 Å². The van der Waals surface area contributed by atoms with Crippen LogP contribution in [0.25, 0.3) is 0 Å². The van der Waals surface area contributed by atoms with Gasteiger partial charge in [-0.1, -0.05) is 6.92 Å². The highest BCUT2D eigenvalue weighted by Gasteiger charge is 2.32. The molecule has 1 aromatic rings. The molecule has 4 nitrogen and oxygen atoms in total. The SMILES string of the molecule is CCC(c1nc(CCl)cs1)N1CCNC(=O)C1C. The Morgan fingerprint density at radius 1 is 1.72 bits per heavy atom. The number of nitrogens with one attached hydrogen (secondary N) is 1. The average Bonchev–Trinajstić information content (AvgIpc) is 2.84. The molecule has 2 rings (SSSR count). The van der Waals surface area contributed by atoms with E-state index >= 15 is 0 Å². The quantitative estimate of drug-likeness (QED) is 0.863. The summed E-state index contributed by atoms with van der Waals surface area (Å²) in [7, 11) is 0. The first-order valence-corrected chi connectivity index (χ1v) is 7.62. The van der Waals surface area contributed by atoms with Crippen molar-refractivity contribution in [2.45, 2.75) is 38.2 Å². The molecule has 0 radical (unpaired) electrons. The Morgan fingerprint density at radius 2 is 2.50 bits per heavy atom. The number of carbonyl (C=O) groups excluding carboxylic acids is 1. The molecule has 1 N–H and O–H groups in total. The van der Waals surface area contributed by atoms with Crippen LogP contribution in [0.3, 0.4) is 0 Å². The van der Waals surface area contributed by atoms with E-state index in [-0.39, 0.29) is 18.0 Å². The number of hydrogen-bond donors (Lipinski definition) is 1. The van der Waals surface area contributed by atoms with Gasteiger partial charge in [0.1, 0.15) is 5.01 Å². The van der Waals surface area contributed by atoms with Gasteiger partial charge >= 0.3 is 0 Å². The molecule has 2 atom stereocenters. The smallest absolute Gasteiger partial charge is 0.237 e. The Bertz CT molecular complexity index is 423. The first kappa shape index (κ1) is 13.8. The minimum Gasteiger partial charge on any atom is -0.353 e. The second kappa shape index (κ2) is 5.99. The Morgan fingerprint density at radius 3 is 3.11 bits per heavy atom. The lowest BCUT2D eigenvalue weighted by Crippen LogP contribution is -2.54. The number of alkyl halides is 1. The van der Waals surface area contributed by atoms with Crippen LogP contribution in [-0.2, 0) is 10.7 Å². The van der Waals surface area contributed by atoms with E-state index in [0.29, 0.717) is 12.4 Å². The third-order valence-electron chi connectivity index (χ3n) is 3.32. The highest BCUT2D eigenvalue weighted by atomic mass is 35.5. The minimum absolute atomic E-state index is 0.0907. The maximum absolute atomic E-state index is 11.7. The van der Waals surface area contributed by atoms with Crippen molar-refractivity contribution in [3.63, 3.8) is 0 Å². The molecule has 2 heterocycles. The van der Waals surface area contributed by atoms with Gasteiger partial charge in [-0.3, -0.25) is 9.69 Å². The van der Waals surface area contributed by atoms with E-state index in [1.165, 1.54) is 0 Å². The number of thiazole rings is 1. The Labute approximate surface area is 116 Å². The summed E-state index contributed by atoms with van der Waals surface area (Å²) in [5.74, 6) is 0.553. The van der Waals surface area contributed by atoms with Crippen LogP contribution in [0.5, 0.6) is 0 Å². The van der Waals surface area contributed by atoms with Crippen molar-refractivity contribution in [1.82, 2.24) is 15.2 Å². The van der Waals surface area contributed by atoms with Gasteiger partial charge in [-0.15, -0.1) is 22.9 Å². The van der Waals surface area contributed by atoms with Gasteiger partial charge in [0.05, 0.1) is 23.7 Å². The maximum Gasteiger partial charge on any atom is 0.237 e. The van der Waals surface area contributed by atoms with Crippen LogP contribution < -0.4 is 5.32 Å². The molecule has 0 spiro atoms. The highest BCUT2D eigenvalue weighted by Crippen LogP contribution is 2.29. The number of aromatic nitrogens is 1. The number of halogens is 1. The van der Waals surface area contributed by atoms with Gasteiger partial charge in [-0.05, 0) is 13.3 Å². The van der Waals surface area contributed by atoms with Gasteiger partial charge < -0.3 is 5.32 Å². The van der Waals surface area contributed by atoms with Gasteiger partial charge in [-0.25, -0.2) is 4.98 Å². The lowest BCUT2D eigenvalue weighted by Gasteiger charge is -2.37. The third-order valence-corrected chi connectivity index (χ3v) is 4.59. The summed E-state index contributed by atoms with van der Waals surface area (Å²) in [6.07, 6.45) is 0.951. The lowest BCUT2D eigenvalue weighted by atomic mass is 10.1. The summed E-state index contributed by atoms with van der Waals surface area (Å²) in [5.41, 5.74) is 0.921. The Hall–Kier alpha value is -0.650. The molecule has 18 heavy (non-hydrogen) atoms. The Balaban J connectivity index is 2.19. The Kier molecular flexibility index (Phi) is 4.59. The normalized spacial score (nSPS) is 22.8. The van der Waals surface area contributed by atoms with E-state index in [4.69, 9.17) is 11.6 Å². The molecule has 6 heteroatoms. The van der Waals surface area contributed by atoms with Crippen LogP contribution in [0.15, 0.2) is 5.38 Å². The van der Waals surface area contributed by atoms with Crippen LogP contribution in [0.2, 0.25) is 0 Å². The summed E-state index contributed by atoms with van der Waals surface area (Å²) in [6, 6.07) is 0.125. The maximum atomic E-state index is 11.7. The average molecular weight is 288 g/mol. The van der Waals surface area contributed by atoms with E-state index in [1.807, 2.05) is 12.3 Å². The predicted molar refractivity (Wildman–Crippen MR) is 73.9 cm³/mol. The van der Waals surface area contributed by atoms with E-state index < -0.39 is 0 Å². The van der Waals surface area contributed by atoms with E-state index in [9.17, 15) is 4.79 Å². The number of amides is 1.